The number of benzene rings is 1. The van der Waals surface area contributed by atoms with Gasteiger partial charge >= 0.3 is 0 Å². The normalized spacial score (nSPS) is 24.6. The fraction of sp³-hybridized carbons (Fsp3) is 0.417. The second kappa shape index (κ2) is 4.55. The smallest absolute Gasteiger partial charge is 0.192 e. The number of rotatable bonds is 2. The highest BCUT2D eigenvalue weighted by atomic mass is 79.9. The van der Waals surface area contributed by atoms with Crippen molar-refractivity contribution in [2.24, 2.45) is 5.92 Å². The maximum absolute atomic E-state index is 12.2. The van der Waals surface area contributed by atoms with Gasteiger partial charge in [-0.05, 0) is 46.5 Å². The van der Waals surface area contributed by atoms with Crippen molar-refractivity contribution < 1.29 is 9.53 Å². The average molecular weight is 284 g/mol. The molecule has 1 aromatic rings. The summed E-state index contributed by atoms with van der Waals surface area (Å²) in [4.78, 5) is 12.2. The highest BCUT2D eigenvalue weighted by Gasteiger charge is 2.32. The maximum Gasteiger partial charge on any atom is 0.192 e. The molecule has 2 unspecified atom stereocenters. The number of hydrogen-bond acceptors (Lipinski definition) is 3. The van der Waals surface area contributed by atoms with Gasteiger partial charge < -0.3 is 10.5 Å². The molecule has 2 N–H and O–H groups in total. The van der Waals surface area contributed by atoms with Gasteiger partial charge in [0.2, 0.25) is 0 Å². The van der Waals surface area contributed by atoms with Gasteiger partial charge in [0.25, 0.3) is 0 Å². The molecule has 1 fully saturated rings. The third-order valence-electron chi connectivity index (χ3n) is 2.90. The van der Waals surface area contributed by atoms with Crippen molar-refractivity contribution in [1.29, 1.82) is 0 Å². The number of nitrogen functional groups attached to an aromatic ring is 1. The average Bonchev–Trinajstić information content (AvgIpc) is 2.63. The molecule has 0 aromatic heterocycles. The third-order valence-corrected chi connectivity index (χ3v) is 3.56. The summed E-state index contributed by atoms with van der Waals surface area (Å²) >= 11 is 3.36. The predicted molar refractivity (Wildman–Crippen MR) is 66.4 cm³/mol. The Morgan fingerprint density at radius 2 is 2.31 bits per heavy atom. The van der Waals surface area contributed by atoms with E-state index in [1.54, 1.807) is 18.2 Å². The largest absolute Gasteiger partial charge is 0.399 e. The SMILES string of the molecule is CC1CCOC1C(=O)c1ccc(N)cc1Br. The van der Waals surface area contributed by atoms with Crippen LogP contribution in [0.25, 0.3) is 0 Å². The summed E-state index contributed by atoms with van der Waals surface area (Å²) in [5.41, 5.74) is 6.92. The van der Waals surface area contributed by atoms with E-state index in [0.29, 0.717) is 17.9 Å². The molecule has 1 aromatic carbocycles. The fourth-order valence-corrected chi connectivity index (χ4v) is 2.51. The molecular formula is C12H14BrNO2. The molecule has 1 aliphatic rings. The van der Waals surface area contributed by atoms with Gasteiger partial charge in [-0.25, -0.2) is 0 Å². The lowest BCUT2D eigenvalue weighted by atomic mass is 9.96. The van der Waals surface area contributed by atoms with Gasteiger partial charge in [-0.1, -0.05) is 6.92 Å². The van der Waals surface area contributed by atoms with Crippen molar-refractivity contribution in [2.45, 2.75) is 19.4 Å². The minimum absolute atomic E-state index is 0.0388. The molecule has 2 atom stereocenters. The van der Waals surface area contributed by atoms with E-state index in [1.165, 1.54) is 0 Å². The van der Waals surface area contributed by atoms with Gasteiger partial charge in [-0.3, -0.25) is 4.79 Å². The Hall–Kier alpha value is -0.870. The molecule has 2 rings (SSSR count). The summed E-state index contributed by atoms with van der Waals surface area (Å²) in [6.07, 6.45) is 0.642. The number of anilines is 1. The number of Topliss-reactive ketones (excluding diaryl/α,β-unsaturated/α-hetero) is 1. The van der Waals surface area contributed by atoms with Gasteiger partial charge in [0.1, 0.15) is 6.10 Å². The molecule has 0 aliphatic carbocycles. The van der Waals surface area contributed by atoms with E-state index in [4.69, 9.17) is 10.5 Å². The van der Waals surface area contributed by atoms with E-state index in [1.807, 2.05) is 6.92 Å². The van der Waals surface area contributed by atoms with Crippen LogP contribution in [0.4, 0.5) is 5.69 Å². The molecule has 1 aliphatic heterocycles. The molecule has 0 spiro atoms. The standard InChI is InChI=1S/C12H14BrNO2/c1-7-4-5-16-12(7)11(15)9-3-2-8(14)6-10(9)13/h2-3,6-7,12H,4-5,14H2,1H3. The third kappa shape index (κ3) is 2.13. The zero-order chi connectivity index (χ0) is 11.7. The second-order valence-corrected chi connectivity index (χ2v) is 5.02. The summed E-state index contributed by atoms with van der Waals surface area (Å²) in [6, 6.07) is 5.22. The van der Waals surface area contributed by atoms with Crippen LogP contribution in [0.2, 0.25) is 0 Å². The lowest BCUT2D eigenvalue weighted by Gasteiger charge is -2.14. The summed E-state index contributed by atoms with van der Waals surface area (Å²) in [7, 11) is 0. The number of carbonyl (C=O) groups excluding carboxylic acids is 1. The molecule has 86 valence electrons. The number of hydrogen-bond donors (Lipinski definition) is 1. The number of ketones is 1. The van der Waals surface area contributed by atoms with Gasteiger partial charge in [0, 0.05) is 22.3 Å². The van der Waals surface area contributed by atoms with E-state index in [9.17, 15) is 4.79 Å². The van der Waals surface area contributed by atoms with Crippen LogP contribution < -0.4 is 5.73 Å². The first-order chi connectivity index (χ1) is 7.59. The number of nitrogens with two attached hydrogens (primary N) is 1. The number of carbonyl (C=O) groups is 1. The van der Waals surface area contributed by atoms with Gasteiger partial charge in [0.05, 0.1) is 0 Å². The Kier molecular flexibility index (Phi) is 3.30. The minimum atomic E-state index is -0.306. The van der Waals surface area contributed by atoms with E-state index < -0.39 is 0 Å². The Morgan fingerprint density at radius 3 is 2.88 bits per heavy atom. The van der Waals surface area contributed by atoms with Crippen LogP contribution >= 0.6 is 15.9 Å². The van der Waals surface area contributed by atoms with Crippen LogP contribution in [0, 0.1) is 5.92 Å². The van der Waals surface area contributed by atoms with Gasteiger partial charge in [-0.2, -0.15) is 0 Å². The molecule has 1 saturated heterocycles. The zero-order valence-corrected chi connectivity index (χ0v) is 10.7. The van der Waals surface area contributed by atoms with Gasteiger partial charge in [0.15, 0.2) is 5.78 Å². The Labute approximate surface area is 103 Å². The first-order valence-corrected chi connectivity index (χ1v) is 6.09. The van der Waals surface area contributed by atoms with E-state index >= 15 is 0 Å². The van der Waals surface area contributed by atoms with Crippen molar-refractivity contribution in [3.05, 3.63) is 28.2 Å². The summed E-state index contributed by atoms with van der Waals surface area (Å²) in [5.74, 6) is 0.328. The molecule has 4 heteroatoms. The lowest BCUT2D eigenvalue weighted by Crippen LogP contribution is -2.25. The van der Waals surface area contributed by atoms with Crippen LogP contribution in [-0.2, 0) is 4.74 Å². The van der Waals surface area contributed by atoms with Crippen LogP contribution in [0.5, 0.6) is 0 Å². The van der Waals surface area contributed by atoms with Crippen molar-refractivity contribution in [1.82, 2.24) is 0 Å². The fourth-order valence-electron chi connectivity index (χ4n) is 1.92. The first-order valence-electron chi connectivity index (χ1n) is 5.30. The number of halogens is 1. The Balaban J connectivity index is 2.27. The molecule has 0 amide bonds. The maximum atomic E-state index is 12.2. The predicted octanol–water partition coefficient (Wildman–Crippen LogP) is 2.64. The molecule has 1 heterocycles. The zero-order valence-electron chi connectivity index (χ0n) is 9.07. The monoisotopic (exact) mass is 283 g/mol. The highest BCUT2D eigenvalue weighted by Crippen LogP contribution is 2.27. The van der Waals surface area contributed by atoms with E-state index in [0.717, 1.165) is 10.9 Å². The Morgan fingerprint density at radius 1 is 1.56 bits per heavy atom. The molecule has 0 saturated carbocycles. The van der Waals surface area contributed by atoms with E-state index in [2.05, 4.69) is 15.9 Å². The summed E-state index contributed by atoms with van der Waals surface area (Å²) in [5, 5.41) is 0. The van der Waals surface area contributed by atoms with Crippen LogP contribution in [0.3, 0.4) is 0 Å². The van der Waals surface area contributed by atoms with Gasteiger partial charge in [-0.15, -0.1) is 0 Å². The van der Waals surface area contributed by atoms with Crippen LogP contribution in [0.1, 0.15) is 23.7 Å². The minimum Gasteiger partial charge on any atom is -0.399 e. The first kappa shape index (κ1) is 11.6. The lowest BCUT2D eigenvalue weighted by molar-refractivity contribution is 0.0578. The number of ether oxygens (including phenoxy) is 1. The van der Waals surface area contributed by atoms with Crippen LogP contribution in [0.15, 0.2) is 22.7 Å². The Bertz CT molecular complexity index is 419. The highest BCUT2D eigenvalue weighted by molar-refractivity contribution is 9.10. The van der Waals surface area contributed by atoms with E-state index in [-0.39, 0.29) is 17.8 Å². The molecule has 3 nitrogen and oxygen atoms in total. The summed E-state index contributed by atoms with van der Waals surface area (Å²) < 4.78 is 6.20. The molecule has 0 radical (unpaired) electrons. The molecule has 16 heavy (non-hydrogen) atoms. The molecule has 0 bridgehead atoms. The second-order valence-electron chi connectivity index (χ2n) is 4.16. The summed E-state index contributed by atoms with van der Waals surface area (Å²) in [6.45, 7) is 2.71. The quantitative estimate of drug-likeness (QED) is 0.671. The van der Waals surface area contributed by atoms with Crippen molar-refractivity contribution >= 4 is 27.4 Å². The van der Waals surface area contributed by atoms with Crippen molar-refractivity contribution in [2.75, 3.05) is 12.3 Å². The van der Waals surface area contributed by atoms with Crippen LogP contribution in [-0.4, -0.2) is 18.5 Å². The topological polar surface area (TPSA) is 52.3 Å². The van der Waals surface area contributed by atoms with Crippen molar-refractivity contribution in [3.8, 4) is 0 Å². The van der Waals surface area contributed by atoms with Crippen molar-refractivity contribution in [3.63, 3.8) is 0 Å². The molecular weight excluding hydrogens is 270 g/mol.